The number of benzene rings is 2. The van der Waals surface area contributed by atoms with Gasteiger partial charge in [0.15, 0.2) is 0 Å². The van der Waals surface area contributed by atoms with E-state index in [-0.39, 0.29) is 18.5 Å². The Morgan fingerprint density at radius 3 is 2.64 bits per heavy atom. The van der Waals surface area contributed by atoms with Crippen LogP contribution in [0.25, 0.3) is 0 Å². The monoisotopic (exact) mass is 337 g/mol. The van der Waals surface area contributed by atoms with Crippen LogP contribution >= 0.6 is 0 Å². The smallest absolute Gasteiger partial charge is 0.315 e. The largest absolute Gasteiger partial charge is 0.336 e. The number of carbonyl (C=O) groups excluding carboxylic acids is 2. The number of nitrogens with zero attached hydrogens (tertiary/aromatic N) is 1. The topological polar surface area (TPSA) is 61.4 Å². The molecule has 0 saturated heterocycles. The lowest BCUT2D eigenvalue weighted by molar-refractivity contribution is -0.130. The van der Waals surface area contributed by atoms with Gasteiger partial charge in [0.1, 0.15) is 0 Å². The van der Waals surface area contributed by atoms with E-state index in [0.29, 0.717) is 19.6 Å². The minimum Gasteiger partial charge on any atom is -0.336 e. The van der Waals surface area contributed by atoms with Gasteiger partial charge in [-0.25, -0.2) is 4.79 Å². The van der Waals surface area contributed by atoms with E-state index in [4.69, 9.17) is 0 Å². The quantitative estimate of drug-likeness (QED) is 0.900. The van der Waals surface area contributed by atoms with Gasteiger partial charge in [0.25, 0.3) is 0 Å². The Morgan fingerprint density at radius 2 is 1.84 bits per heavy atom. The molecule has 0 unspecified atom stereocenters. The lowest BCUT2D eigenvalue weighted by Crippen LogP contribution is -2.45. The van der Waals surface area contributed by atoms with Gasteiger partial charge in [-0.1, -0.05) is 54.1 Å². The molecule has 0 saturated carbocycles. The Hall–Kier alpha value is -2.82. The van der Waals surface area contributed by atoms with Crippen LogP contribution in [-0.2, 0) is 24.3 Å². The second-order valence-corrected chi connectivity index (χ2v) is 6.36. The summed E-state index contributed by atoms with van der Waals surface area (Å²) in [6.45, 7) is 3.78. The number of fused-ring (bicyclic) bond motifs is 1. The number of hydrogen-bond acceptors (Lipinski definition) is 2. The maximum Gasteiger partial charge on any atom is 0.315 e. The molecule has 1 aliphatic heterocycles. The summed E-state index contributed by atoms with van der Waals surface area (Å²) in [5.41, 5.74) is 4.68. The van der Waals surface area contributed by atoms with Crippen molar-refractivity contribution in [2.45, 2.75) is 26.4 Å². The van der Waals surface area contributed by atoms with E-state index in [2.05, 4.69) is 22.8 Å². The van der Waals surface area contributed by atoms with Crippen LogP contribution in [0.15, 0.2) is 48.5 Å². The van der Waals surface area contributed by atoms with Crippen molar-refractivity contribution in [3.8, 4) is 0 Å². The number of carbonyl (C=O) groups is 2. The molecule has 5 heteroatoms. The molecule has 3 amide bonds. The number of urea groups is 1. The normalized spacial score (nSPS) is 13.1. The first-order valence-electron chi connectivity index (χ1n) is 8.53. The van der Waals surface area contributed by atoms with Gasteiger partial charge < -0.3 is 15.5 Å². The Balaban J connectivity index is 1.44. The van der Waals surface area contributed by atoms with Gasteiger partial charge in [-0.05, 0) is 30.0 Å². The Kier molecular flexibility index (Phi) is 5.33. The summed E-state index contributed by atoms with van der Waals surface area (Å²) >= 11 is 0. The lowest BCUT2D eigenvalue weighted by atomic mass is 10.00. The number of nitrogens with one attached hydrogen (secondary N) is 2. The summed E-state index contributed by atoms with van der Waals surface area (Å²) in [7, 11) is 0. The highest BCUT2D eigenvalue weighted by Crippen LogP contribution is 2.18. The third-order valence-electron chi connectivity index (χ3n) is 4.42. The van der Waals surface area contributed by atoms with Crippen molar-refractivity contribution in [3.05, 3.63) is 70.8 Å². The van der Waals surface area contributed by atoms with Gasteiger partial charge in [0.2, 0.25) is 5.91 Å². The molecule has 0 radical (unpaired) electrons. The van der Waals surface area contributed by atoms with E-state index in [9.17, 15) is 9.59 Å². The SMILES string of the molecule is Cc1cccc(CNC(=O)NCC(=O)N2CCc3ccccc3C2)c1. The summed E-state index contributed by atoms with van der Waals surface area (Å²) in [5.74, 6) is -0.0554. The molecule has 2 aromatic rings. The summed E-state index contributed by atoms with van der Waals surface area (Å²) in [6.07, 6.45) is 0.863. The van der Waals surface area contributed by atoms with Crippen LogP contribution in [0.1, 0.15) is 22.3 Å². The van der Waals surface area contributed by atoms with Gasteiger partial charge in [0.05, 0.1) is 6.54 Å². The molecule has 0 aromatic heterocycles. The first-order chi connectivity index (χ1) is 12.1. The Morgan fingerprint density at radius 1 is 1.04 bits per heavy atom. The molecule has 0 aliphatic carbocycles. The van der Waals surface area contributed by atoms with E-state index in [0.717, 1.165) is 17.5 Å². The van der Waals surface area contributed by atoms with E-state index in [1.807, 2.05) is 43.3 Å². The fourth-order valence-electron chi connectivity index (χ4n) is 3.04. The zero-order chi connectivity index (χ0) is 17.6. The van der Waals surface area contributed by atoms with E-state index >= 15 is 0 Å². The molecule has 2 N–H and O–H groups in total. The average Bonchev–Trinajstić information content (AvgIpc) is 2.64. The maximum atomic E-state index is 12.3. The van der Waals surface area contributed by atoms with Crippen LogP contribution in [0.5, 0.6) is 0 Å². The molecule has 0 bridgehead atoms. The zero-order valence-corrected chi connectivity index (χ0v) is 14.4. The highest BCUT2D eigenvalue weighted by Gasteiger charge is 2.20. The van der Waals surface area contributed by atoms with E-state index in [1.165, 1.54) is 11.1 Å². The lowest BCUT2D eigenvalue weighted by Gasteiger charge is -2.29. The van der Waals surface area contributed by atoms with Crippen molar-refractivity contribution in [3.63, 3.8) is 0 Å². The van der Waals surface area contributed by atoms with Crippen molar-refractivity contribution >= 4 is 11.9 Å². The number of aryl methyl sites for hydroxylation is 1. The zero-order valence-electron chi connectivity index (χ0n) is 14.4. The van der Waals surface area contributed by atoms with E-state index < -0.39 is 0 Å². The predicted octanol–water partition coefficient (Wildman–Crippen LogP) is 2.38. The predicted molar refractivity (Wildman–Crippen MR) is 97.0 cm³/mol. The fourth-order valence-corrected chi connectivity index (χ4v) is 3.04. The van der Waals surface area contributed by atoms with Crippen LogP contribution in [0, 0.1) is 6.92 Å². The fraction of sp³-hybridized carbons (Fsp3) is 0.300. The first-order valence-corrected chi connectivity index (χ1v) is 8.53. The molecule has 130 valence electrons. The third kappa shape index (κ3) is 4.59. The second kappa shape index (κ2) is 7.83. The van der Waals surface area contributed by atoms with Crippen molar-refractivity contribution in [1.29, 1.82) is 0 Å². The van der Waals surface area contributed by atoms with Crippen LogP contribution in [0.4, 0.5) is 4.79 Å². The summed E-state index contributed by atoms with van der Waals surface area (Å²) in [5, 5.41) is 5.43. The van der Waals surface area contributed by atoms with Gasteiger partial charge >= 0.3 is 6.03 Å². The van der Waals surface area contributed by atoms with Gasteiger partial charge in [-0.3, -0.25) is 4.79 Å². The number of rotatable bonds is 4. The molecular weight excluding hydrogens is 314 g/mol. The van der Waals surface area contributed by atoms with Crippen LogP contribution in [-0.4, -0.2) is 29.9 Å². The van der Waals surface area contributed by atoms with E-state index in [1.54, 1.807) is 4.90 Å². The maximum absolute atomic E-state index is 12.3. The molecule has 0 spiro atoms. The molecule has 5 nitrogen and oxygen atoms in total. The highest BCUT2D eigenvalue weighted by atomic mass is 16.2. The standard InChI is InChI=1S/C20H23N3O2/c1-15-5-4-6-16(11-15)12-21-20(25)22-13-19(24)23-10-9-17-7-2-3-8-18(17)14-23/h2-8,11H,9-10,12-14H2,1H3,(H2,21,22,25). The average molecular weight is 337 g/mol. The van der Waals surface area contributed by atoms with Crippen LogP contribution in [0.2, 0.25) is 0 Å². The minimum absolute atomic E-state index is 0.0157. The van der Waals surface area contributed by atoms with Gasteiger partial charge in [0, 0.05) is 19.6 Å². The molecule has 0 atom stereocenters. The van der Waals surface area contributed by atoms with Gasteiger partial charge in [-0.15, -0.1) is 0 Å². The number of amides is 3. The summed E-state index contributed by atoms with van der Waals surface area (Å²) in [6, 6.07) is 15.8. The van der Waals surface area contributed by atoms with Crippen LogP contribution < -0.4 is 10.6 Å². The Bertz CT molecular complexity index is 773. The van der Waals surface area contributed by atoms with Gasteiger partial charge in [-0.2, -0.15) is 0 Å². The molecule has 1 heterocycles. The van der Waals surface area contributed by atoms with Crippen LogP contribution in [0.3, 0.4) is 0 Å². The highest BCUT2D eigenvalue weighted by molar-refractivity contribution is 5.84. The minimum atomic E-state index is -0.327. The molecule has 3 rings (SSSR count). The summed E-state index contributed by atoms with van der Waals surface area (Å²) in [4.78, 5) is 26.0. The molecule has 2 aromatic carbocycles. The summed E-state index contributed by atoms with van der Waals surface area (Å²) < 4.78 is 0. The van der Waals surface area contributed by atoms with Crippen molar-refractivity contribution in [2.75, 3.05) is 13.1 Å². The second-order valence-electron chi connectivity index (χ2n) is 6.36. The third-order valence-corrected chi connectivity index (χ3v) is 4.42. The van der Waals surface area contributed by atoms with Crippen molar-refractivity contribution in [1.82, 2.24) is 15.5 Å². The molecular formula is C20H23N3O2. The first kappa shape index (κ1) is 17.0. The van der Waals surface area contributed by atoms with Crippen molar-refractivity contribution in [2.24, 2.45) is 0 Å². The number of hydrogen-bond donors (Lipinski definition) is 2. The Labute approximate surface area is 148 Å². The molecule has 0 fully saturated rings. The molecule has 25 heavy (non-hydrogen) atoms. The molecule has 1 aliphatic rings. The van der Waals surface area contributed by atoms with Crippen molar-refractivity contribution < 1.29 is 9.59 Å².